The average molecular weight is 675 g/mol. The Balaban J connectivity index is 1.29. The highest BCUT2D eigenvalue weighted by molar-refractivity contribution is 6.39. The first-order chi connectivity index (χ1) is 22.6. The predicted octanol–water partition coefficient (Wildman–Crippen LogP) is 5.61. The second kappa shape index (κ2) is 13.9. The minimum Gasteiger partial charge on any atom is -0.481 e. The van der Waals surface area contributed by atoms with Gasteiger partial charge in [0.2, 0.25) is 11.8 Å². The Morgan fingerprint density at radius 3 is 2.38 bits per heavy atom. The van der Waals surface area contributed by atoms with E-state index in [0.29, 0.717) is 59.0 Å². The molecule has 0 saturated carbocycles. The van der Waals surface area contributed by atoms with Crippen molar-refractivity contribution >= 4 is 34.6 Å². The summed E-state index contributed by atoms with van der Waals surface area (Å²) >= 11 is 14.2. The zero-order valence-corrected chi connectivity index (χ0v) is 28.2. The highest BCUT2D eigenvalue weighted by Gasteiger charge is 2.21. The van der Waals surface area contributed by atoms with E-state index in [2.05, 4.69) is 16.0 Å². The maximum Gasteiger partial charge on any atom is 0.277 e. The van der Waals surface area contributed by atoms with E-state index in [1.807, 2.05) is 74.6 Å². The van der Waals surface area contributed by atoms with Crippen molar-refractivity contribution in [3.63, 3.8) is 0 Å². The van der Waals surface area contributed by atoms with E-state index in [9.17, 15) is 9.59 Å². The van der Waals surface area contributed by atoms with E-state index in [-0.39, 0.29) is 23.6 Å². The van der Waals surface area contributed by atoms with Crippen LogP contribution in [0.5, 0.6) is 5.88 Å². The van der Waals surface area contributed by atoms with Gasteiger partial charge in [-0.3, -0.25) is 14.2 Å². The SMILES string of the molecule is COc1nc(-c2cccc(-c3cccc(-c4cc5c(=O)n(C)c(CNC(C)C)nn5c4)c3Cl)c2Cl)ccc1CNC[C@@H]1CCC(=O)N1. The van der Waals surface area contributed by atoms with Crippen molar-refractivity contribution in [3.8, 4) is 39.4 Å². The number of methoxy groups -OCH3 is 1. The molecule has 0 bridgehead atoms. The minimum atomic E-state index is -0.137. The first kappa shape index (κ1) is 32.7. The van der Waals surface area contributed by atoms with Crippen molar-refractivity contribution in [3.05, 3.63) is 92.6 Å². The molecule has 1 aliphatic rings. The molecule has 1 amide bonds. The van der Waals surface area contributed by atoms with E-state index in [1.165, 1.54) is 0 Å². The molecule has 6 rings (SSSR count). The van der Waals surface area contributed by atoms with Gasteiger partial charge in [-0.2, -0.15) is 5.10 Å². The number of aromatic nitrogens is 4. The summed E-state index contributed by atoms with van der Waals surface area (Å²) in [6.45, 7) is 5.79. The van der Waals surface area contributed by atoms with Crippen LogP contribution in [0.4, 0.5) is 0 Å². The van der Waals surface area contributed by atoms with Crippen molar-refractivity contribution in [2.24, 2.45) is 7.05 Å². The molecule has 1 saturated heterocycles. The van der Waals surface area contributed by atoms with Crippen molar-refractivity contribution in [1.82, 2.24) is 35.1 Å². The molecule has 1 aliphatic heterocycles. The Labute approximate surface area is 283 Å². The molecular weight excluding hydrogens is 637 g/mol. The summed E-state index contributed by atoms with van der Waals surface area (Å²) in [5, 5.41) is 15.4. The molecule has 1 fully saturated rings. The van der Waals surface area contributed by atoms with Crippen LogP contribution in [-0.4, -0.2) is 50.8 Å². The number of carbonyl (C=O) groups is 1. The number of carbonyl (C=O) groups excluding carboxylic acids is 1. The number of halogens is 2. The number of hydrogen-bond acceptors (Lipinski definition) is 7. The molecule has 10 nitrogen and oxygen atoms in total. The summed E-state index contributed by atoms with van der Waals surface area (Å²) in [5.41, 5.74) is 5.65. The van der Waals surface area contributed by atoms with Gasteiger partial charge in [0.05, 0.1) is 29.4 Å². The van der Waals surface area contributed by atoms with Crippen molar-refractivity contribution in [2.45, 2.75) is 51.9 Å². The lowest BCUT2D eigenvalue weighted by atomic mass is 9.97. The molecule has 12 heteroatoms. The summed E-state index contributed by atoms with van der Waals surface area (Å²) in [6.07, 6.45) is 3.23. The lowest BCUT2D eigenvalue weighted by molar-refractivity contribution is -0.119. The molecule has 4 heterocycles. The Bertz CT molecular complexity index is 2020. The summed E-state index contributed by atoms with van der Waals surface area (Å²) in [4.78, 5) is 29.5. The van der Waals surface area contributed by atoms with Gasteiger partial charge < -0.3 is 20.7 Å². The molecule has 1 atom stereocenters. The lowest BCUT2D eigenvalue weighted by Gasteiger charge is -2.15. The van der Waals surface area contributed by atoms with Crippen LogP contribution < -0.4 is 26.2 Å². The van der Waals surface area contributed by atoms with Crippen molar-refractivity contribution < 1.29 is 9.53 Å². The van der Waals surface area contributed by atoms with E-state index in [1.54, 1.807) is 23.2 Å². The second-order valence-electron chi connectivity index (χ2n) is 12.0. The van der Waals surface area contributed by atoms with Crippen molar-refractivity contribution in [2.75, 3.05) is 13.7 Å². The second-order valence-corrected chi connectivity index (χ2v) is 12.8. The number of amides is 1. The Kier molecular flexibility index (Phi) is 9.65. The monoisotopic (exact) mass is 673 g/mol. The summed E-state index contributed by atoms with van der Waals surface area (Å²) in [6, 6.07) is 17.6. The molecule has 5 aromatic rings. The molecule has 0 radical (unpaired) electrons. The van der Waals surface area contributed by atoms with Gasteiger partial charge in [0.15, 0.2) is 0 Å². The minimum absolute atomic E-state index is 0.0967. The maximum absolute atomic E-state index is 13.2. The quantitative estimate of drug-likeness (QED) is 0.167. The molecule has 3 aromatic heterocycles. The molecule has 3 N–H and O–H groups in total. The van der Waals surface area contributed by atoms with E-state index in [4.69, 9.17) is 38.0 Å². The van der Waals surface area contributed by atoms with Crippen LogP contribution in [0.3, 0.4) is 0 Å². The molecule has 0 spiro atoms. The summed E-state index contributed by atoms with van der Waals surface area (Å²) < 4.78 is 8.83. The van der Waals surface area contributed by atoms with Crippen LogP contribution in [0.2, 0.25) is 10.0 Å². The van der Waals surface area contributed by atoms with Gasteiger partial charge in [0.25, 0.3) is 5.56 Å². The van der Waals surface area contributed by atoms with Crippen LogP contribution in [0.15, 0.2) is 65.6 Å². The van der Waals surface area contributed by atoms with Gasteiger partial charge >= 0.3 is 0 Å². The average Bonchev–Trinajstić information content (AvgIpc) is 3.68. The normalized spacial score (nSPS) is 14.7. The maximum atomic E-state index is 13.2. The van der Waals surface area contributed by atoms with Gasteiger partial charge in [0.1, 0.15) is 11.3 Å². The highest BCUT2D eigenvalue weighted by atomic mass is 35.5. The first-order valence-electron chi connectivity index (χ1n) is 15.6. The van der Waals surface area contributed by atoms with E-state index < -0.39 is 0 Å². The van der Waals surface area contributed by atoms with Gasteiger partial charge in [-0.1, -0.05) is 79.5 Å². The number of nitrogens with zero attached hydrogens (tertiary/aromatic N) is 4. The van der Waals surface area contributed by atoms with E-state index >= 15 is 0 Å². The molecule has 0 aliphatic carbocycles. The highest BCUT2D eigenvalue weighted by Crippen LogP contribution is 2.42. The van der Waals surface area contributed by atoms with Gasteiger partial charge in [0, 0.05) is 78.2 Å². The fourth-order valence-electron chi connectivity index (χ4n) is 5.81. The van der Waals surface area contributed by atoms with Gasteiger partial charge in [-0.05, 0) is 18.6 Å². The number of ether oxygens (including phenoxy) is 1. The number of pyridine rings is 1. The van der Waals surface area contributed by atoms with E-state index in [0.717, 1.165) is 39.8 Å². The fraction of sp³-hybridized carbons (Fsp3) is 0.314. The Morgan fingerprint density at radius 2 is 1.70 bits per heavy atom. The Morgan fingerprint density at radius 1 is 1.00 bits per heavy atom. The molecule has 2 aromatic carbocycles. The van der Waals surface area contributed by atoms with Crippen LogP contribution >= 0.6 is 23.2 Å². The summed E-state index contributed by atoms with van der Waals surface area (Å²) in [5.74, 6) is 1.23. The fourth-order valence-corrected chi connectivity index (χ4v) is 6.48. The molecule has 244 valence electrons. The summed E-state index contributed by atoms with van der Waals surface area (Å²) in [7, 11) is 3.33. The van der Waals surface area contributed by atoms with Crippen LogP contribution in [0, 0.1) is 0 Å². The zero-order chi connectivity index (χ0) is 33.2. The Hall–Kier alpha value is -4.22. The molecule has 47 heavy (non-hydrogen) atoms. The zero-order valence-electron chi connectivity index (χ0n) is 26.7. The molecule has 0 unspecified atom stereocenters. The number of hydrogen-bond donors (Lipinski definition) is 3. The third-order valence-corrected chi connectivity index (χ3v) is 9.22. The number of nitrogens with one attached hydrogen (secondary N) is 3. The number of fused-ring (bicyclic) bond motifs is 1. The topological polar surface area (TPSA) is 115 Å². The van der Waals surface area contributed by atoms with Gasteiger partial charge in [-0.25, -0.2) is 9.50 Å². The number of benzene rings is 2. The standard InChI is InChI=1S/C35H37Cl2N7O3/c1-20(2)39-18-30-42-44-19-22(15-29(44)35(46)43(30)3)24-7-5-8-25(32(24)36)26-9-6-10-27(33(26)37)28-13-11-21(34(41-28)47-4)16-38-17-23-12-14-31(45)40-23/h5-11,13,15,19-20,23,38-39H,12,14,16-18H2,1-4H3,(H,40,45)/t23-/m0/s1. The first-order valence-corrected chi connectivity index (χ1v) is 16.3. The largest absolute Gasteiger partial charge is 0.481 e. The van der Waals surface area contributed by atoms with Crippen LogP contribution in [-0.2, 0) is 24.9 Å². The smallest absolute Gasteiger partial charge is 0.277 e. The number of rotatable bonds is 11. The third-order valence-electron chi connectivity index (χ3n) is 8.40. The van der Waals surface area contributed by atoms with Crippen LogP contribution in [0.25, 0.3) is 39.0 Å². The molecular formula is C35H37Cl2N7O3. The van der Waals surface area contributed by atoms with Crippen molar-refractivity contribution in [1.29, 1.82) is 0 Å². The predicted molar refractivity (Wildman–Crippen MR) is 186 cm³/mol. The van der Waals surface area contributed by atoms with Gasteiger partial charge in [-0.15, -0.1) is 0 Å². The van der Waals surface area contributed by atoms with Crippen LogP contribution in [0.1, 0.15) is 38.1 Å². The lowest BCUT2D eigenvalue weighted by Crippen LogP contribution is -2.35. The third kappa shape index (κ3) is 6.78.